The van der Waals surface area contributed by atoms with Crippen molar-refractivity contribution in [2.45, 2.75) is 247 Å². The third-order valence-corrected chi connectivity index (χ3v) is 21.0. The molecule has 0 amide bonds. The molecule has 0 radical (unpaired) electrons. The molecule has 9 rings (SSSR count). The molecule has 0 aromatic heterocycles. The Kier molecular flexibility index (Phi) is 18.0. The minimum absolute atomic E-state index is 0.117. The Labute approximate surface area is 471 Å². The van der Waals surface area contributed by atoms with Gasteiger partial charge in [0.1, 0.15) is 102 Å². The Morgan fingerprint density at radius 2 is 1.31 bits per heavy atom. The van der Waals surface area contributed by atoms with Crippen LogP contribution in [0.3, 0.4) is 0 Å². The average molecular weight is 1180 g/mol. The molecule has 3 saturated carbocycles. The highest BCUT2D eigenvalue weighted by molar-refractivity contribution is 7.80. The molecule has 27 heteroatoms. The summed E-state index contributed by atoms with van der Waals surface area (Å²) in [6.07, 6.45) is -26.5. The number of rotatable bonds is 16. The number of carbonyl (C=O) groups is 1. The van der Waals surface area contributed by atoms with Crippen LogP contribution in [-0.2, 0) is 66.7 Å². The van der Waals surface area contributed by atoms with Crippen LogP contribution in [0.5, 0.6) is 0 Å². The smallest absolute Gasteiger partial charge is 0.397 e. The van der Waals surface area contributed by atoms with Gasteiger partial charge in [0.25, 0.3) is 0 Å². The number of fused-ring (bicyclic) bond motifs is 4. The minimum Gasteiger partial charge on any atom is -0.456 e. The van der Waals surface area contributed by atoms with Crippen LogP contribution in [-0.4, -0.2) is 242 Å². The molecule has 26 nitrogen and oxygen atoms in total. The zero-order valence-corrected chi connectivity index (χ0v) is 48.0. The van der Waals surface area contributed by atoms with Gasteiger partial charge < -0.3 is 104 Å². The molecule has 2 unspecified atom stereocenters. The van der Waals surface area contributed by atoms with Crippen molar-refractivity contribution in [3.63, 3.8) is 0 Å². The van der Waals surface area contributed by atoms with Crippen LogP contribution in [0.2, 0.25) is 0 Å². The number of cyclic esters (lactones) is 1. The molecule has 0 aromatic carbocycles. The zero-order valence-electron chi connectivity index (χ0n) is 47.2. The lowest BCUT2D eigenvalue weighted by Gasteiger charge is -2.64. The number of hydrogen-bond donors (Lipinski definition) is 12. The van der Waals surface area contributed by atoms with Crippen molar-refractivity contribution < 1.29 is 125 Å². The SMILES string of the molecule is CO[C@@H]1[C@@H](O)[C@H](O[C@@H]2[C@@H](O)[C@H](O[C@H]3[C@H](O)[C@@H](O)[C@H](O[C@H]4[C@H](O[C@H]5CC[C@]6(C)C7=C[C@H](O)[C@]89C(=O)O[C@@](C)(CCC=C(C)C)[C@@]8(O)CC[C@@]9(C)C7CCC6C5(C)C)OC[C@@H](OS(=O)(=O)O)[C@@H]4O)O[C@@H]3C)O[C@H](CO)[C@H]2O)O[C@H](CO)[C@H]1O. The van der Waals surface area contributed by atoms with Crippen molar-refractivity contribution in [3.8, 4) is 0 Å². The third kappa shape index (κ3) is 10.3. The molecule has 8 fully saturated rings. The van der Waals surface area contributed by atoms with Crippen LogP contribution in [0.1, 0.15) is 107 Å². The van der Waals surface area contributed by atoms with E-state index in [9.17, 15) is 73.9 Å². The molecule has 5 aliphatic heterocycles. The normalized spacial score (nSPS) is 51.5. The second-order valence-electron chi connectivity index (χ2n) is 25.5. The lowest BCUT2D eigenvalue weighted by molar-refractivity contribution is -0.389. The lowest BCUT2D eigenvalue weighted by atomic mass is 9.40. The van der Waals surface area contributed by atoms with Crippen molar-refractivity contribution in [1.29, 1.82) is 0 Å². The van der Waals surface area contributed by atoms with E-state index in [1.165, 1.54) is 14.0 Å². The molecule has 4 aliphatic carbocycles. The molecule has 81 heavy (non-hydrogen) atoms. The molecule has 464 valence electrons. The summed E-state index contributed by atoms with van der Waals surface area (Å²) >= 11 is 0. The van der Waals surface area contributed by atoms with Gasteiger partial charge in [-0.25, -0.2) is 4.18 Å². The number of esters is 1. The first-order chi connectivity index (χ1) is 37.8. The molecule has 0 aromatic rings. The van der Waals surface area contributed by atoms with Gasteiger partial charge in [-0.3, -0.25) is 9.35 Å². The Bertz CT molecular complexity index is 2440. The van der Waals surface area contributed by atoms with E-state index in [1.54, 1.807) is 13.0 Å². The van der Waals surface area contributed by atoms with E-state index in [1.807, 2.05) is 40.7 Å². The Morgan fingerprint density at radius 3 is 1.91 bits per heavy atom. The molecular formula is C54H86O26S. The number of hydrogen-bond acceptors (Lipinski definition) is 25. The molecule has 12 N–H and O–H groups in total. The molecule has 0 bridgehead atoms. The quantitative estimate of drug-likeness (QED) is 0.0363. The predicted molar refractivity (Wildman–Crippen MR) is 274 cm³/mol. The van der Waals surface area contributed by atoms with Gasteiger partial charge in [0, 0.05) is 7.11 Å². The second kappa shape index (κ2) is 22.9. The van der Waals surface area contributed by atoms with Gasteiger partial charge in [-0.1, -0.05) is 51.0 Å². The highest BCUT2D eigenvalue weighted by atomic mass is 32.3. The Hall–Kier alpha value is -1.98. The fourth-order valence-electron chi connectivity index (χ4n) is 16.2. The Morgan fingerprint density at radius 1 is 0.716 bits per heavy atom. The first-order valence-corrected chi connectivity index (χ1v) is 29.5. The summed E-state index contributed by atoms with van der Waals surface area (Å²) in [5, 5.41) is 124. The summed E-state index contributed by atoms with van der Waals surface area (Å²) in [6, 6.07) is 0. The van der Waals surface area contributed by atoms with Gasteiger partial charge >= 0.3 is 16.4 Å². The van der Waals surface area contributed by atoms with Crippen molar-refractivity contribution in [2.24, 2.45) is 33.5 Å². The summed E-state index contributed by atoms with van der Waals surface area (Å²) < 4.78 is 97.8. The van der Waals surface area contributed by atoms with Crippen molar-refractivity contribution in [2.75, 3.05) is 26.9 Å². The first kappa shape index (κ1) is 63.5. The van der Waals surface area contributed by atoms with Gasteiger partial charge in [0.15, 0.2) is 25.2 Å². The topological polar surface area (TPSA) is 396 Å². The summed E-state index contributed by atoms with van der Waals surface area (Å²) in [5.74, 6) is -0.888. The number of aliphatic hydroxyl groups is 11. The molecule has 5 saturated heterocycles. The monoisotopic (exact) mass is 1180 g/mol. The maximum atomic E-state index is 14.5. The number of allylic oxidation sites excluding steroid dienone is 3. The summed E-state index contributed by atoms with van der Waals surface area (Å²) in [7, 11) is -4.01. The predicted octanol–water partition coefficient (Wildman–Crippen LogP) is -1.48. The van der Waals surface area contributed by atoms with Crippen LogP contribution < -0.4 is 0 Å². The van der Waals surface area contributed by atoms with Crippen LogP contribution in [0.15, 0.2) is 23.3 Å². The number of methoxy groups -OCH3 is 1. The molecule has 28 atom stereocenters. The second-order valence-corrected chi connectivity index (χ2v) is 26.6. The highest BCUT2D eigenvalue weighted by Gasteiger charge is 2.85. The third-order valence-electron chi connectivity index (χ3n) is 20.5. The van der Waals surface area contributed by atoms with Gasteiger partial charge in [-0.05, 0) is 107 Å². The summed E-state index contributed by atoms with van der Waals surface area (Å²) in [6.45, 7) is 13.1. The average Bonchev–Trinajstić information content (AvgIpc) is 1.90. The molecule has 5 heterocycles. The van der Waals surface area contributed by atoms with Crippen LogP contribution in [0, 0.1) is 33.5 Å². The summed E-state index contributed by atoms with van der Waals surface area (Å²) in [5.41, 5.74) is -4.47. The van der Waals surface area contributed by atoms with Gasteiger partial charge in [-0.2, -0.15) is 8.42 Å². The van der Waals surface area contributed by atoms with Crippen LogP contribution in [0.25, 0.3) is 0 Å². The first-order valence-electron chi connectivity index (χ1n) is 28.2. The molecule has 9 aliphatic rings. The van der Waals surface area contributed by atoms with Crippen LogP contribution in [0.4, 0.5) is 0 Å². The molecular weight excluding hydrogens is 1100 g/mol. The van der Waals surface area contributed by atoms with Crippen LogP contribution >= 0.6 is 0 Å². The van der Waals surface area contributed by atoms with Gasteiger partial charge in [0.2, 0.25) is 0 Å². The molecule has 1 spiro atoms. The van der Waals surface area contributed by atoms with Crippen molar-refractivity contribution in [1.82, 2.24) is 0 Å². The van der Waals surface area contributed by atoms with E-state index < -0.39 is 198 Å². The lowest BCUT2D eigenvalue weighted by Crippen LogP contribution is -2.68. The largest absolute Gasteiger partial charge is 0.456 e. The number of carbonyl (C=O) groups excluding carboxylic acids is 1. The number of ether oxygens (including phenoxy) is 10. The Balaban J connectivity index is 0.913. The van der Waals surface area contributed by atoms with Gasteiger partial charge in [-0.15, -0.1) is 0 Å². The van der Waals surface area contributed by atoms with E-state index in [-0.39, 0.29) is 18.3 Å². The highest BCUT2D eigenvalue weighted by Crippen LogP contribution is 2.77. The fraction of sp³-hybridized carbons (Fsp3) is 0.907. The van der Waals surface area contributed by atoms with Gasteiger partial charge in [0.05, 0.1) is 38.1 Å². The fourth-order valence-corrected chi connectivity index (χ4v) is 16.7. The zero-order chi connectivity index (χ0) is 59.5. The number of aliphatic hydroxyl groups excluding tert-OH is 10. The minimum atomic E-state index is -5.19. The maximum absolute atomic E-state index is 14.5. The standard InChI is InChI=1S/C54H86O26S/c1-23(2)11-10-15-52(8)53(66)18-17-51(7)25-12-13-30-49(4,5)32(14-16-50(30,6)26(25)19-31(57)54(51,53)48(65)79-52)75-47-43(35(60)29(22-71-47)80-81(67,68)69)78-44-37(62)36(61)40(24(3)72-44)76-46-39(64)42(34(59)28(21-56)74-46)77-45-38(63)41(70-9)33(58)27(20-55)73-45/h11,19,24-25,27-47,55-64,66H,10,12-18,20-22H2,1-9H3,(H,67,68,69)/t24-,25?,27-,28-,29-,30?,31+,32+,33-,34-,35+,36-,37-,38-,39-,40-,41+,42+,43-,44+,45+,46+,47+,50-,51+,52+,53+,54-/m1/s1. The van der Waals surface area contributed by atoms with E-state index >= 15 is 0 Å². The van der Waals surface area contributed by atoms with E-state index in [0.29, 0.717) is 44.9 Å². The maximum Gasteiger partial charge on any atom is 0.397 e. The van der Waals surface area contributed by atoms with E-state index in [2.05, 4.69) is 6.92 Å². The van der Waals surface area contributed by atoms with E-state index in [4.69, 9.17) is 51.6 Å². The van der Waals surface area contributed by atoms with Crippen molar-refractivity contribution >= 4 is 16.4 Å². The van der Waals surface area contributed by atoms with E-state index in [0.717, 1.165) is 11.1 Å². The summed E-state index contributed by atoms with van der Waals surface area (Å²) in [4.78, 5) is 14.5. The van der Waals surface area contributed by atoms with Crippen molar-refractivity contribution in [3.05, 3.63) is 23.3 Å².